The number of carbonyl (C=O) groups is 2. The first-order valence-electron chi connectivity index (χ1n) is 11.3. The molecule has 0 N–H and O–H groups in total. The molecule has 0 saturated carbocycles. The van der Waals surface area contributed by atoms with Crippen molar-refractivity contribution in [2.24, 2.45) is 0 Å². The van der Waals surface area contributed by atoms with Crippen LogP contribution in [-0.4, -0.2) is 59.4 Å². The maximum absolute atomic E-state index is 12.8. The van der Waals surface area contributed by atoms with Crippen molar-refractivity contribution in [2.75, 3.05) is 32.8 Å². The zero-order chi connectivity index (χ0) is 23.3. The van der Waals surface area contributed by atoms with Gasteiger partial charge in [-0.05, 0) is 29.8 Å². The van der Waals surface area contributed by atoms with E-state index in [-0.39, 0.29) is 12.5 Å². The highest BCUT2D eigenvalue weighted by Crippen LogP contribution is 2.27. The Balaban J connectivity index is 1.18. The normalized spacial score (nSPS) is 14.3. The van der Waals surface area contributed by atoms with Gasteiger partial charge in [0.05, 0.1) is 11.1 Å². The molecule has 7 nitrogen and oxygen atoms in total. The number of benzene rings is 3. The Morgan fingerprint density at radius 1 is 0.853 bits per heavy atom. The van der Waals surface area contributed by atoms with Crippen LogP contribution in [0.15, 0.2) is 83.3 Å². The molecular formula is C27H25N3O4. The third-order valence-corrected chi connectivity index (χ3v) is 5.97. The lowest BCUT2D eigenvalue weighted by atomic mass is 10.1. The third kappa shape index (κ3) is 4.84. The van der Waals surface area contributed by atoms with Gasteiger partial charge in [0.1, 0.15) is 5.52 Å². The van der Waals surface area contributed by atoms with Gasteiger partial charge in [0.2, 0.25) is 5.89 Å². The summed E-state index contributed by atoms with van der Waals surface area (Å²) in [5, 5.41) is 0. The van der Waals surface area contributed by atoms with E-state index >= 15 is 0 Å². The van der Waals surface area contributed by atoms with E-state index in [1.807, 2.05) is 42.5 Å². The fourth-order valence-corrected chi connectivity index (χ4v) is 4.13. The van der Waals surface area contributed by atoms with Crippen LogP contribution in [-0.2, 0) is 16.1 Å². The first kappa shape index (κ1) is 21.9. The van der Waals surface area contributed by atoms with E-state index in [2.05, 4.69) is 22.0 Å². The maximum atomic E-state index is 12.8. The fourth-order valence-electron chi connectivity index (χ4n) is 4.13. The summed E-state index contributed by atoms with van der Waals surface area (Å²) >= 11 is 0. The molecule has 7 heteroatoms. The predicted octanol–water partition coefficient (Wildman–Crippen LogP) is 4.00. The van der Waals surface area contributed by atoms with E-state index < -0.39 is 5.97 Å². The van der Waals surface area contributed by atoms with Crippen molar-refractivity contribution >= 4 is 23.0 Å². The van der Waals surface area contributed by atoms with Gasteiger partial charge in [0.25, 0.3) is 5.91 Å². The number of nitrogens with zero attached hydrogens (tertiary/aromatic N) is 3. The molecule has 0 unspecified atom stereocenters. The number of rotatable bonds is 6. The third-order valence-electron chi connectivity index (χ3n) is 5.97. The first-order chi connectivity index (χ1) is 16.7. The predicted molar refractivity (Wildman–Crippen MR) is 128 cm³/mol. The summed E-state index contributed by atoms with van der Waals surface area (Å²) in [6, 6.07) is 24.7. The highest BCUT2D eigenvalue weighted by molar-refractivity contribution is 5.97. The van der Waals surface area contributed by atoms with Crippen LogP contribution in [0, 0.1) is 0 Å². The highest BCUT2D eigenvalue weighted by Gasteiger charge is 2.23. The average Bonchev–Trinajstić information content (AvgIpc) is 3.32. The minimum atomic E-state index is -0.575. The Kier molecular flexibility index (Phi) is 6.35. The van der Waals surface area contributed by atoms with Gasteiger partial charge < -0.3 is 14.1 Å². The van der Waals surface area contributed by atoms with Gasteiger partial charge in [0.15, 0.2) is 12.2 Å². The Bertz CT molecular complexity index is 1260. The summed E-state index contributed by atoms with van der Waals surface area (Å²) in [5.74, 6) is -0.421. The van der Waals surface area contributed by atoms with Crippen LogP contribution < -0.4 is 0 Å². The molecule has 172 valence electrons. The van der Waals surface area contributed by atoms with E-state index in [0.717, 1.165) is 19.6 Å². The Morgan fingerprint density at radius 3 is 2.35 bits per heavy atom. The quantitative estimate of drug-likeness (QED) is 0.409. The van der Waals surface area contributed by atoms with E-state index in [0.29, 0.717) is 41.2 Å². The molecule has 1 aliphatic heterocycles. The number of aromatic nitrogens is 1. The molecule has 5 rings (SSSR count). The van der Waals surface area contributed by atoms with Gasteiger partial charge in [-0.3, -0.25) is 9.69 Å². The van der Waals surface area contributed by atoms with Crippen LogP contribution >= 0.6 is 0 Å². The van der Waals surface area contributed by atoms with E-state index in [9.17, 15) is 9.59 Å². The molecule has 1 fully saturated rings. The van der Waals surface area contributed by atoms with Gasteiger partial charge in [0, 0.05) is 32.7 Å². The number of fused-ring (bicyclic) bond motifs is 1. The van der Waals surface area contributed by atoms with E-state index in [1.54, 1.807) is 29.2 Å². The number of hydrogen-bond donors (Lipinski definition) is 0. The Morgan fingerprint density at radius 2 is 1.56 bits per heavy atom. The summed E-state index contributed by atoms with van der Waals surface area (Å²) in [7, 11) is 0. The number of piperazine rings is 1. The molecule has 2 heterocycles. The number of carbonyl (C=O) groups excluding carboxylic acids is 2. The molecule has 1 aromatic heterocycles. The number of ether oxygens (including phenoxy) is 1. The second kappa shape index (κ2) is 9.89. The maximum Gasteiger partial charge on any atom is 0.339 e. The van der Waals surface area contributed by atoms with Gasteiger partial charge in [-0.25, -0.2) is 9.78 Å². The van der Waals surface area contributed by atoms with Gasteiger partial charge in [-0.15, -0.1) is 0 Å². The van der Waals surface area contributed by atoms with Crippen LogP contribution in [0.5, 0.6) is 0 Å². The summed E-state index contributed by atoms with van der Waals surface area (Å²) in [6.45, 7) is 3.37. The number of esters is 1. The van der Waals surface area contributed by atoms with Crippen LogP contribution in [0.25, 0.3) is 22.6 Å². The molecule has 0 bridgehead atoms. The van der Waals surface area contributed by atoms with Crippen LogP contribution in [0.4, 0.5) is 0 Å². The zero-order valence-corrected chi connectivity index (χ0v) is 18.7. The largest absolute Gasteiger partial charge is 0.452 e. The first-order valence-corrected chi connectivity index (χ1v) is 11.3. The van der Waals surface area contributed by atoms with Gasteiger partial charge >= 0.3 is 5.97 Å². The second-order valence-electron chi connectivity index (χ2n) is 8.25. The summed E-state index contributed by atoms with van der Waals surface area (Å²) in [5.41, 5.74) is 3.46. The lowest BCUT2D eigenvalue weighted by Crippen LogP contribution is -2.49. The van der Waals surface area contributed by atoms with Crippen molar-refractivity contribution < 1.29 is 18.7 Å². The minimum absolute atomic E-state index is 0.188. The molecule has 1 aliphatic rings. The van der Waals surface area contributed by atoms with Crippen molar-refractivity contribution in [3.63, 3.8) is 0 Å². The number of hydrogen-bond acceptors (Lipinski definition) is 6. The van der Waals surface area contributed by atoms with Gasteiger partial charge in [-0.1, -0.05) is 54.6 Å². The highest BCUT2D eigenvalue weighted by atomic mass is 16.5. The SMILES string of the molecule is O=C(OCC(=O)N1CCN(Cc2ccccc2)CC1)c1ccccc1-c1nc2ccccc2o1. The lowest BCUT2D eigenvalue weighted by molar-refractivity contribution is -0.136. The molecule has 1 saturated heterocycles. The molecule has 3 aromatic carbocycles. The number of oxazole rings is 1. The van der Waals surface area contributed by atoms with Crippen LogP contribution in [0.3, 0.4) is 0 Å². The smallest absolute Gasteiger partial charge is 0.339 e. The van der Waals surface area contributed by atoms with Crippen molar-refractivity contribution in [2.45, 2.75) is 6.54 Å². The van der Waals surface area contributed by atoms with Crippen molar-refractivity contribution in [1.29, 1.82) is 0 Å². The molecule has 0 radical (unpaired) electrons. The van der Waals surface area contributed by atoms with Crippen molar-refractivity contribution in [1.82, 2.24) is 14.8 Å². The lowest BCUT2D eigenvalue weighted by Gasteiger charge is -2.34. The molecule has 4 aromatic rings. The minimum Gasteiger partial charge on any atom is -0.452 e. The molecule has 0 spiro atoms. The van der Waals surface area contributed by atoms with Gasteiger partial charge in [-0.2, -0.15) is 0 Å². The Labute approximate surface area is 197 Å². The topological polar surface area (TPSA) is 75.9 Å². The molecule has 1 amide bonds. The fraction of sp³-hybridized carbons (Fsp3) is 0.222. The second-order valence-corrected chi connectivity index (χ2v) is 8.25. The summed E-state index contributed by atoms with van der Waals surface area (Å²) in [4.78, 5) is 34.0. The van der Waals surface area contributed by atoms with Crippen molar-refractivity contribution in [3.05, 3.63) is 90.0 Å². The molecule has 34 heavy (non-hydrogen) atoms. The standard InChI is InChI=1S/C27H25N3O4/c31-25(30-16-14-29(15-17-30)18-20-8-2-1-3-9-20)19-33-27(32)22-11-5-4-10-21(22)26-28-23-12-6-7-13-24(23)34-26/h1-13H,14-19H2. The van der Waals surface area contributed by atoms with Crippen molar-refractivity contribution in [3.8, 4) is 11.5 Å². The monoisotopic (exact) mass is 455 g/mol. The average molecular weight is 456 g/mol. The number of amides is 1. The molecular weight excluding hydrogens is 430 g/mol. The molecule has 0 aliphatic carbocycles. The van der Waals surface area contributed by atoms with Crippen LogP contribution in [0.1, 0.15) is 15.9 Å². The Hall–Kier alpha value is -3.97. The molecule has 0 atom stereocenters. The van der Waals surface area contributed by atoms with E-state index in [1.165, 1.54) is 5.56 Å². The summed E-state index contributed by atoms with van der Waals surface area (Å²) < 4.78 is 11.2. The summed E-state index contributed by atoms with van der Waals surface area (Å²) in [6.07, 6.45) is 0. The van der Waals surface area contributed by atoms with E-state index in [4.69, 9.17) is 9.15 Å². The zero-order valence-electron chi connectivity index (χ0n) is 18.7. The van der Waals surface area contributed by atoms with Crippen LogP contribution in [0.2, 0.25) is 0 Å². The number of para-hydroxylation sites is 2.